The van der Waals surface area contributed by atoms with Crippen LogP contribution in [0.3, 0.4) is 0 Å². The van der Waals surface area contributed by atoms with Crippen LogP contribution >= 0.6 is 15.9 Å². The second kappa shape index (κ2) is 5.27. The monoisotopic (exact) mass is 300 g/mol. The summed E-state index contributed by atoms with van der Waals surface area (Å²) < 4.78 is 11.7. The van der Waals surface area contributed by atoms with Crippen molar-refractivity contribution in [3.8, 4) is 11.5 Å². The van der Waals surface area contributed by atoms with Gasteiger partial charge in [0.25, 0.3) is 0 Å². The van der Waals surface area contributed by atoms with Gasteiger partial charge in [-0.3, -0.25) is 0 Å². The van der Waals surface area contributed by atoms with Crippen LogP contribution in [0.15, 0.2) is 10.5 Å². The molecule has 1 N–H and O–H groups in total. The molecule has 0 aromatic heterocycles. The molecule has 1 aromatic carbocycles. The number of hydrogen-bond acceptors (Lipinski definition) is 3. The lowest BCUT2D eigenvalue weighted by atomic mass is 9.99. The average molecular weight is 301 g/mol. The van der Waals surface area contributed by atoms with Crippen molar-refractivity contribution < 1.29 is 14.6 Å². The Labute approximate surface area is 110 Å². The highest BCUT2D eigenvalue weighted by Crippen LogP contribution is 2.44. The van der Waals surface area contributed by atoms with Crippen LogP contribution < -0.4 is 9.47 Å². The molecule has 1 aliphatic carbocycles. The highest BCUT2D eigenvalue weighted by molar-refractivity contribution is 9.10. The predicted octanol–water partition coefficient (Wildman–Crippen LogP) is 3.23. The molecule has 3 nitrogen and oxygen atoms in total. The first-order valence-electron chi connectivity index (χ1n) is 5.80. The highest BCUT2D eigenvalue weighted by atomic mass is 79.9. The third-order valence-corrected chi connectivity index (χ3v) is 3.96. The highest BCUT2D eigenvalue weighted by Gasteiger charge is 2.25. The fourth-order valence-electron chi connectivity index (χ4n) is 2.42. The molecule has 0 bridgehead atoms. The summed E-state index contributed by atoms with van der Waals surface area (Å²) >= 11 is 3.55. The van der Waals surface area contributed by atoms with Gasteiger partial charge in [0, 0.05) is 10.0 Å². The van der Waals surface area contributed by atoms with Gasteiger partial charge in [0.2, 0.25) is 0 Å². The summed E-state index contributed by atoms with van der Waals surface area (Å²) in [6.07, 6.45) is 3.41. The number of methoxy groups -OCH3 is 2. The largest absolute Gasteiger partial charge is 0.493 e. The Hall–Kier alpha value is -0.740. The van der Waals surface area contributed by atoms with Gasteiger partial charge in [-0.25, -0.2) is 0 Å². The molecule has 1 aliphatic rings. The van der Waals surface area contributed by atoms with Gasteiger partial charge in [0.15, 0.2) is 11.5 Å². The molecule has 0 spiro atoms. The first-order chi connectivity index (χ1) is 8.19. The summed E-state index contributed by atoms with van der Waals surface area (Å²) in [5.74, 6) is 1.33. The summed E-state index contributed by atoms with van der Waals surface area (Å²) in [4.78, 5) is 0. The van der Waals surface area contributed by atoms with E-state index in [2.05, 4.69) is 15.9 Å². The minimum absolute atomic E-state index is 0.464. The molecule has 0 radical (unpaired) electrons. The van der Waals surface area contributed by atoms with Gasteiger partial charge in [0.1, 0.15) is 0 Å². The number of rotatable bonds is 2. The topological polar surface area (TPSA) is 38.7 Å². The Morgan fingerprint density at radius 2 is 2.06 bits per heavy atom. The normalized spacial score (nSPS) is 19.4. The molecule has 0 amide bonds. The minimum Gasteiger partial charge on any atom is -0.493 e. The molecule has 0 fully saturated rings. The lowest BCUT2D eigenvalue weighted by Gasteiger charge is -2.20. The SMILES string of the molecule is COc1cc(Br)c2c(c1OC)[C@@H](O)CCCC2. The summed E-state index contributed by atoms with van der Waals surface area (Å²) in [5, 5.41) is 10.2. The van der Waals surface area contributed by atoms with Crippen LogP contribution in [0.5, 0.6) is 11.5 Å². The molecule has 0 saturated heterocycles. The number of ether oxygens (including phenoxy) is 2. The molecule has 94 valence electrons. The molecule has 1 aromatic rings. The molecule has 4 heteroatoms. The van der Waals surface area contributed by atoms with Crippen LogP contribution in [0.4, 0.5) is 0 Å². The third kappa shape index (κ3) is 2.29. The zero-order valence-electron chi connectivity index (χ0n) is 10.1. The van der Waals surface area contributed by atoms with Gasteiger partial charge in [0.05, 0.1) is 20.3 Å². The van der Waals surface area contributed by atoms with E-state index in [0.29, 0.717) is 11.5 Å². The fourth-order valence-corrected chi connectivity index (χ4v) is 3.04. The maximum atomic E-state index is 10.2. The van der Waals surface area contributed by atoms with E-state index in [4.69, 9.17) is 9.47 Å². The lowest BCUT2D eigenvalue weighted by molar-refractivity contribution is 0.161. The maximum Gasteiger partial charge on any atom is 0.166 e. The standard InChI is InChI=1S/C13H17BrO3/c1-16-11-7-9(14)8-5-3-4-6-10(15)12(8)13(11)17-2/h7,10,15H,3-6H2,1-2H3/t10-/m0/s1. The maximum absolute atomic E-state index is 10.2. The van der Waals surface area contributed by atoms with Crippen molar-refractivity contribution in [1.29, 1.82) is 0 Å². The molecule has 0 saturated carbocycles. The van der Waals surface area contributed by atoms with E-state index in [1.54, 1.807) is 14.2 Å². The van der Waals surface area contributed by atoms with Gasteiger partial charge in [-0.2, -0.15) is 0 Å². The van der Waals surface area contributed by atoms with Crippen LogP contribution in [0, 0.1) is 0 Å². The fraction of sp³-hybridized carbons (Fsp3) is 0.538. The van der Waals surface area contributed by atoms with E-state index in [-0.39, 0.29) is 0 Å². The quantitative estimate of drug-likeness (QED) is 0.852. The van der Waals surface area contributed by atoms with E-state index in [1.807, 2.05) is 6.07 Å². The predicted molar refractivity (Wildman–Crippen MR) is 69.8 cm³/mol. The average Bonchev–Trinajstić information content (AvgIpc) is 2.52. The molecule has 0 aliphatic heterocycles. The van der Waals surface area contributed by atoms with E-state index >= 15 is 0 Å². The summed E-state index contributed by atoms with van der Waals surface area (Å²) in [7, 11) is 3.23. The van der Waals surface area contributed by atoms with Gasteiger partial charge in [-0.15, -0.1) is 0 Å². The van der Waals surface area contributed by atoms with Crippen molar-refractivity contribution in [2.24, 2.45) is 0 Å². The number of halogens is 1. The van der Waals surface area contributed by atoms with Crippen LogP contribution in [0.25, 0.3) is 0 Å². The van der Waals surface area contributed by atoms with Crippen LogP contribution in [-0.2, 0) is 6.42 Å². The van der Waals surface area contributed by atoms with E-state index in [0.717, 1.165) is 41.3 Å². The Morgan fingerprint density at radius 1 is 1.29 bits per heavy atom. The van der Waals surface area contributed by atoms with Crippen molar-refractivity contribution in [2.45, 2.75) is 31.8 Å². The Bertz CT molecular complexity index is 418. The minimum atomic E-state index is -0.464. The second-order valence-corrected chi connectivity index (χ2v) is 5.10. The zero-order chi connectivity index (χ0) is 12.4. The zero-order valence-corrected chi connectivity index (χ0v) is 11.7. The number of fused-ring (bicyclic) bond motifs is 1. The molecule has 0 unspecified atom stereocenters. The Morgan fingerprint density at radius 3 is 2.71 bits per heavy atom. The molecule has 17 heavy (non-hydrogen) atoms. The van der Waals surface area contributed by atoms with Crippen molar-refractivity contribution in [2.75, 3.05) is 14.2 Å². The number of aliphatic hydroxyl groups is 1. The van der Waals surface area contributed by atoms with Crippen molar-refractivity contribution in [3.63, 3.8) is 0 Å². The van der Waals surface area contributed by atoms with Gasteiger partial charge in [-0.1, -0.05) is 22.4 Å². The molecule has 1 atom stereocenters. The van der Waals surface area contributed by atoms with Gasteiger partial charge >= 0.3 is 0 Å². The molecule has 2 rings (SSSR count). The van der Waals surface area contributed by atoms with Crippen molar-refractivity contribution in [3.05, 3.63) is 21.7 Å². The third-order valence-electron chi connectivity index (χ3n) is 3.25. The number of benzene rings is 1. The Kier molecular flexibility index (Phi) is 3.94. The van der Waals surface area contributed by atoms with Crippen LogP contribution in [0.2, 0.25) is 0 Å². The van der Waals surface area contributed by atoms with Crippen molar-refractivity contribution >= 4 is 15.9 Å². The van der Waals surface area contributed by atoms with E-state index < -0.39 is 6.10 Å². The van der Waals surface area contributed by atoms with E-state index in [9.17, 15) is 5.11 Å². The summed E-state index contributed by atoms with van der Waals surface area (Å²) in [6.45, 7) is 0. The summed E-state index contributed by atoms with van der Waals surface area (Å²) in [5.41, 5.74) is 2.03. The van der Waals surface area contributed by atoms with Crippen LogP contribution in [0.1, 0.15) is 36.5 Å². The van der Waals surface area contributed by atoms with Gasteiger partial charge < -0.3 is 14.6 Å². The molecular weight excluding hydrogens is 284 g/mol. The van der Waals surface area contributed by atoms with Crippen molar-refractivity contribution in [1.82, 2.24) is 0 Å². The number of aliphatic hydroxyl groups excluding tert-OH is 1. The number of hydrogen-bond donors (Lipinski definition) is 1. The molecular formula is C13H17BrO3. The summed E-state index contributed by atoms with van der Waals surface area (Å²) in [6, 6.07) is 1.91. The lowest BCUT2D eigenvalue weighted by Crippen LogP contribution is -2.05. The smallest absolute Gasteiger partial charge is 0.166 e. The van der Waals surface area contributed by atoms with E-state index in [1.165, 1.54) is 0 Å². The first kappa shape index (κ1) is 12.7. The molecule has 0 heterocycles. The van der Waals surface area contributed by atoms with Crippen LogP contribution in [-0.4, -0.2) is 19.3 Å². The Balaban J connectivity index is 2.64. The first-order valence-corrected chi connectivity index (χ1v) is 6.59. The second-order valence-electron chi connectivity index (χ2n) is 4.25. The van der Waals surface area contributed by atoms with Gasteiger partial charge in [-0.05, 0) is 30.9 Å².